The number of hydrogen-bond donors (Lipinski definition) is 2. The minimum absolute atomic E-state index is 0.0122. The molecule has 2 fully saturated rings. The third-order valence-corrected chi connectivity index (χ3v) is 3.94. The molecule has 21 heavy (non-hydrogen) atoms. The summed E-state index contributed by atoms with van der Waals surface area (Å²) >= 11 is 0. The van der Waals surface area contributed by atoms with Crippen LogP contribution in [0.5, 0.6) is 5.75 Å². The molecule has 5 nitrogen and oxygen atoms in total. The van der Waals surface area contributed by atoms with Gasteiger partial charge in [-0.05, 0) is 25.8 Å². The van der Waals surface area contributed by atoms with Crippen molar-refractivity contribution in [1.82, 2.24) is 15.5 Å². The fraction of sp³-hybridized carbons (Fsp3) is 0.562. The highest BCUT2D eigenvalue weighted by Gasteiger charge is 2.21. The van der Waals surface area contributed by atoms with Crippen LogP contribution in [0.1, 0.15) is 24.0 Å². The Morgan fingerprint density at radius 2 is 2.29 bits per heavy atom. The quantitative estimate of drug-likeness (QED) is 0.802. The highest BCUT2D eigenvalue weighted by molar-refractivity contribution is 5.76. The Balaban J connectivity index is 1.54. The van der Waals surface area contributed by atoms with Crippen molar-refractivity contribution >= 4 is 6.03 Å². The lowest BCUT2D eigenvalue weighted by atomic mass is 10.1. The van der Waals surface area contributed by atoms with Crippen LogP contribution in [0.2, 0.25) is 0 Å². The maximum Gasteiger partial charge on any atom is 0.317 e. The van der Waals surface area contributed by atoms with E-state index in [1.54, 1.807) is 4.90 Å². The van der Waals surface area contributed by atoms with Crippen LogP contribution in [0.4, 0.5) is 4.79 Å². The van der Waals surface area contributed by atoms with E-state index in [0.29, 0.717) is 19.2 Å². The van der Waals surface area contributed by atoms with Crippen molar-refractivity contribution in [2.45, 2.75) is 32.4 Å². The fourth-order valence-electron chi connectivity index (χ4n) is 2.52. The highest BCUT2D eigenvalue weighted by atomic mass is 16.5. The van der Waals surface area contributed by atoms with E-state index in [1.165, 1.54) is 24.0 Å². The Labute approximate surface area is 125 Å². The van der Waals surface area contributed by atoms with Crippen molar-refractivity contribution in [2.75, 3.05) is 26.2 Å². The minimum atomic E-state index is 0.0122. The largest absolute Gasteiger partial charge is 0.491 e. The Bertz CT molecular complexity index is 514. The molecule has 0 radical (unpaired) electrons. The van der Waals surface area contributed by atoms with E-state index in [-0.39, 0.29) is 6.03 Å². The standard InChI is InChI=1S/C16H23N3O2/c1-12-2-5-15(13(10-12)11-18-14-3-4-14)21-9-8-19-7-6-17-16(19)20/h2,5,10,14,18H,3-4,6-9,11H2,1H3,(H,17,20). The van der Waals surface area contributed by atoms with Gasteiger partial charge in [-0.1, -0.05) is 17.7 Å². The van der Waals surface area contributed by atoms with Gasteiger partial charge >= 0.3 is 6.03 Å². The number of hydrogen-bond acceptors (Lipinski definition) is 3. The molecular formula is C16H23N3O2. The van der Waals surface area contributed by atoms with Gasteiger partial charge in [0.1, 0.15) is 12.4 Å². The average Bonchev–Trinajstić information content (AvgIpc) is 3.21. The fourth-order valence-corrected chi connectivity index (χ4v) is 2.52. The number of rotatable bonds is 7. The van der Waals surface area contributed by atoms with E-state index in [4.69, 9.17) is 4.74 Å². The summed E-state index contributed by atoms with van der Waals surface area (Å²) < 4.78 is 5.89. The third-order valence-electron chi connectivity index (χ3n) is 3.94. The molecule has 2 aliphatic rings. The summed E-state index contributed by atoms with van der Waals surface area (Å²) in [6.45, 7) is 5.62. The Hall–Kier alpha value is -1.75. The summed E-state index contributed by atoms with van der Waals surface area (Å²) in [4.78, 5) is 13.2. The van der Waals surface area contributed by atoms with Crippen molar-refractivity contribution in [3.05, 3.63) is 29.3 Å². The number of amides is 2. The SMILES string of the molecule is Cc1ccc(OCCN2CCNC2=O)c(CNC2CC2)c1. The van der Waals surface area contributed by atoms with Gasteiger partial charge in [0.2, 0.25) is 0 Å². The molecule has 0 spiro atoms. The Kier molecular flexibility index (Phi) is 4.29. The number of nitrogens with one attached hydrogen (secondary N) is 2. The molecule has 0 atom stereocenters. The molecule has 1 aromatic carbocycles. The van der Waals surface area contributed by atoms with E-state index >= 15 is 0 Å². The van der Waals surface area contributed by atoms with Crippen molar-refractivity contribution < 1.29 is 9.53 Å². The van der Waals surface area contributed by atoms with Crippen molar-refractivity contribution in [2.24, 2.45) is 0 Å². The molecule has 1 aromatic rings. The van der Waals surface area contributed by atoms with Crippen molar-refractivity contribution in [3.8, 4) is 5.75 Å². The molecule has 2 amide bonds. The zero-order valence-electron chi connectivity index (χ0n) is 12.5. The zero-order valence-corrected chi connectivity index (χ0v) is 12.5. The van der Waals surface area contributed by atoms with E-state index in [0.717, 1.165) is 25.4 Å². The van der Waals surface area contributed by atoms with Crippen LogP contribution in [0.25, 0.3) is 0 Å². The van der Waals surface area contributed by atoms with Gasteiger partial charge in [0, 0.05) is 31.2 Å². The molecule has 1 heterocycles. The van der Waals surface area contributed by atoms with Crippen molar-refractivity contribution in [3.63, 3.8) is 0 Å². The molecule has 1 saturated carbocycles. The number of carbonyl (C=O) groups is 1. The molecule has 3 rings (SSSR count). The minimum Gasteiger partial charge on any atom is -0.491 e. The van der Waals surface area contributed by atoms with Crippen LogP contribution in [-0.2, 0) is 6.54 Å². The summed E-state index contributed by atoms with van der Waals surface area (Å²) in [7, 11) is 0. The number of ether oxygens (including phenoxy) is 1. The molecule has 0 unspecified atom stereocenters. The topological polar surface area (TPSA) is 53.6 Å². The Morgan fingerprint density at radius 3 is 3.00 bits per heavy atom. The van der Waals surface area contributed by atoms with Crippen LogP contribution in [-0.4, -0.2) is 43.2 Å². The summed E-state index contributed by atoms with van der Waals surface area (Å²) in [5.41, 5.74) is 2.45. The van der Waals surface area contributed by atoms with Gasteiger partial charge < -0.3 is 20.3 Å². The van der Waals surface area contributed by atoms with E-state index in [9.17, 15) is 4.79 Å². The molecule has 5 heteroatoms. The lowest BCUT2D eigenvalue weighted by Crippen LogP contribution is -2.32. The lowest BCUT2D eigenvalue weighted by Gasteiger charge is -2.17. The predicted octanol–water partition coefficient (Wildman–Crippen LogP) is 1.65. The summed E-state index contributed by atoms with van der Waals surface area (Å²) in [6.07, 6.45) is 2.57. The van der Waals surface area contributed by atoms with E-state index in [2.05, 4.69) is 29.7 Å². The first-order chi connectivity index (χ1) is 10.2. The van der Waals surface area contributed by atoms with Gasteiger partial charge in [0.15, 0.2) is 0 Å². The molecule has 2 N–H and O–H groups in total. The van der Waals surface area contributed by atoms with Crippen molar-refractivity contribution in [1.29, 1.82) is 0 Å². The van der Waals surface area contributed by atoms with Crippen LogP contribution in [0.15, 0.2) is 18.2 Å². The Morgan fingerprint density at radius 1 is 1.43 bits per heavy atom. The van der Waals surface area contributed by atoms with Crippen LogP contribution in [0, 0.1) is 6.92 Å². The van der Waals surface area contributed by atoms with Gasteiger partial charge in [-0.2, -0.15) is 0 Å². The molecule has 1 aliphatic heterocycles. The first-order valence-electron chi connectivity index (χ1n) is 7.71. The summed E-state index contributed by atoms with van der Waals surface area (Å²) in [5.74, 6) is 0.924. The maximum atomic E-state index is 11.5. The van der Waals surface area contributed by atoms with Gasteiger partial charge in [-0.3, -0.25) is 0 Å². The summed E-state index contributed by atoms with van der Waals surface area (Å²) in [6, 6.07) is 6.97. The van der Waals surface area contributed by atoms with E-state index < -0.39 is 0 Å². The second kappa shape index (κ2) is 6.35. The van der Waals surface area contributed by atoms with Gasteiger partial charge in [0.25, 0.3) is 0 Å². The first kappa shape index (κ1) is 14.2. The number of nitrogens with zero attached hydrogens (tertiary/aromatic N) is 1. The maximum absolute atomic E-state index is 11.5. The average molecular weight is 289 g/mol. The first-order valence-corrected chi connectivity index (χ1v) is 7.71. The van der Waals surface area contributed by atoms with Crippen LogP contribution >= 0.6 is 0 Å². The lowest BCUT2D eigenvalue weighted by molar-refractivity contribution is 0.202. The third kappa shape index (κ3) is 3.88. The van der Waals surface area contributed by atoms with Gasteiger partial charge in [-0.25, -0.2) is 4.79 Å². The zero-order chi connectivity index (χ0) is 14.7. The molecule has 1 aliphatic carbocycles. The molecule has 1 saturated heterocycles. The molecule has 114 valence electrons. The molecular weight excluding hydrogens is 266 g/mol. The van der Waals surface area contributed by atoms with E-state index in [1.807, 2.05) is 6.07 Å². The molecule has 0 bridgehead atoms. The monoisotopic (exact) mass is 289 g/mol. The number of carbonyl (C=O) groups excluding carboxylic acids is 1. The highest BCUT2D eigenvalue weighted by Crippen LogP contribution is 2.23. The van der Waals surface area contributed by atoms with Crippen LogP contribution in [0.3, 0.4) is 0 Å². The number of benzene rings is 1. The smallest absolute Gasteiger partial charge is 0.317 e. The van der Waals surface area contributed by atoms with Crippen LogP contribution < -0.4 is 15.4 Å². The second-order valence-corrected chi connectivity index (χ2v) is 5.83. The number of urea groups is 1. The normalized spacial score (nSPS) is 18.0. The summed E-state index contributed by atoms with van der Waals surface area (Å²) in [5, 5.41) is 6.32. The molecule has 0 aromatic heterocycles. The second-order valence-electron chi connectivity index (χ2n) is 5.83. The number of aryl methyl sites for hydroxylation is 1. The predicted molar refractivity (Wildman–Crippen MR) is 81.5 cm³/mol. The van der Waals surface area contributed by atoms with Gasteiger partial charge in [-0.15, -0.1) is 0 Å². The van der Waals surface area contributed by atoms with Gasteiger partial charge in [0.05, 0.1) is 6.54 Å².